The molecule has 2 rings (SSSR count). The molecule has 0 bridgehead atoms. The first-order valence-electron chi connectivity index (χ1n) is 10.3. The monoisotopic (exact) mass is 458 g/mol. The molecule has 0 saturated heterocycles. The number of para-hydroxylation sites is 1. The van der Waals surface area contributed by atoms with Crippen LogP contribution in [0.4, 0.5) is 5.69 Å². The zero-order valence-electron chi connectivity index (χ0n) is 19.2. The number of ether oxygens (including phenoxy) is 2. The molecule has 7 nitrogen and oxygen atoms in total. The lowest BCUT2D eigenvalue weighted by Crippen LogP contribution is -2.22. The molecule has 0 aromatic heterocycles. The Morgan fingerprint density at radius 1 is 1.09 bits per heavy atom. The summed E-state index contributed by atoms with van der Waals surface area (Å²) in [5, 5.41) is 0. The number of sulfonamides is 1. The van der Waals surface area contributed by atoms with E-state index in [-0.39, 0.29) is 22.6 Å². The quantitative estimate of drug-likeness (QED) is 0.458. The van der Waals surface area contributed by atoms with Crippen LogP contribution >= 0.6 is 0 Å². The molecule has 0 saturated carbocycles. The highest BCUT2D eigenvalue weighted by Gasteiger charge is 2.23. The number of methoxy groups -OCH3 is 2. The van der Waals surface area contributed by atoms with Crippen LogP contribution in [0.25, 0.3) is 0 Å². The van der Waals surface area contributed by atoms with Gasteiger partial charge in [-0.15, -0.1) is 0 Å². The highest BCUT2D eigenvalue weighted by molar-refractivity contribution is 7.92. The number of carbonyl (C=O) groups excluding carboxylic acids is 1. The Kier molecular flexibility index (Phi) is 9.12. The average Bonchev–Trinajstić information content (AvgIpc) is 2.79. The number of hydrogen-bond acceptors (Lipinski definition) is 6. The van der Waals surface area contributed by atoms with Gasteiger partial charge in [0.15, 0.2) is 0 Å². The molecule has 2 aromatic rings. The van der Waals surface area contributed by atoms with E-state index in [4.69, 9.17) is 9.47 Å². The van der Waals surface area contributed by atoms with Crippen molar-refractivity contribution in [2.75, 3.05) is 38.6 Å². The summed E-state index contributed by atoms with van der Waals surface area (Å²) in [7, 11) is -1.24. The molecule has 32 heavy (non-hydrogen) atoms. The van der Waals surface area contributed by atoms with Crippen molar-refractivity contribution in [2.24, 2.45) is 0 Å². The van der Waals surface area contributed by atoms with Gasteiger partial charge in [0, 0.05) is 6.42 Å². The van der Waals surface area contributed by atoms with E-state index in [9.17, 15) is 13.2 Å². The third-order valence-corrected chi connectivity index (χ3v) is 6.52. The SMILES string of the molecule is CCN(CC)CC#CCc1cc(OC)ccc1S(=O)(=O)Nc1c(C)cccc1C(=O)OC. The van der Waals surface area contributed by atoms with E-state index in [1.165, 1.54) is 26.4 Å². The fourth-order valence-electron chi connectivity index (χ4n) is 3.13. The molecule has 0 aliphatic carbocycles. The van der Waals surface area contributed by atoms with E-state index < -0.39 is 16.0 Å². The largest absolute Gasteiger partial charge is 0.497 e. The molecule has 2 aromatic carbocycles. The Hall–Kier alpha value is -3.02. The Labute approximate surface area is 190 Å². The van der Waals surface area contributed by atoms with Gasteiger partial charge in [-0.1, -0.05) is 37.8 Å². The molecule has 0 aliphatic rings. The van der Waals surface area contributed by atoms with Crippen molar-refractivity contribution in [3.63, 3.8) is 0 Å². The van der Waals surface area contributed by atoms with Crippen molar-refractivity contribution in [3.8, 4) is 17.6 Å². The number of nitrogens with zero attached hydrogens (tertiary/aromatic N) is 1. The second-order valence-corrected chi connectivity index (χ2v) is 8.71. The van der Waals surface area contributed by atoms with Gasteiger partial charge in [-0.2, -0.15) is 0 Å². The van der Waals surface area contributed by atoms with Crippen molar-refractivity contribution in [1.82, 2.24) is 4.90 Å². The van der Waals surface area contributed by atoms with E-state index in [0.717, 1.165) is 13.1 Å². The van der Waals surface area contributed by atoms with Gasteiger partial charge in [0.25, 0.3) is 10.0 Å². The Bertz CT molecular complexity index is 1110. The smallest absolute Gasteiger partial charge is 0.340 e. The van der Waals surface area contributed by atoms with E-state index in [1.807, 2.05) is 0 Å². The number of aryl methyl sites for hydroxylation is 1. The first-order valence-corrected chi connectivity index (χ1v) is 11.8. The normalized spacial score (nSPS) is 10.9. The number of esters is 1. The maximum atomic E-state index is 13.3. The van der Waals surface area contributed by atoms with Crippen LogP contribution < -0.4 is 9.46 Å². The summed E-state index contributed by atoms with van der Waals surface area (Å²) in [6.45, 7) is 8.26. The van der Waals surface area contributed by atoms with Crippen LogP contribution in [0.5, 0.6) is 5.75 Å². The number of hydrogen-bond donors (Lipinski definition) is 1. The van der Waals surface area contributed by atoms with Gasteiger partial charge in [-0.3, -0.25) is 9.62 Å². The summed E-state index contributed by atoms with van der Waals surface area (Å²) in [5.74, 6) is 6.08. The highest BCUT2D eigenvalue weighted by atomic mass is 32.2. The predicted molar refractivity (Wildman–Crippen MR) is 126 cm³/mol. The van der Waals surface area contributed by atoms with E-state index in [0.29, 0.717) is 23.4 Å². The molecule has 0 fully saturated rings. The first-order chi connectivity index (χ1) is 15.3. The minimum absolute atomic E-state index is 0.0782. The third-order valence-electron chi connectivity index (χ3n) is 5.07. The van der Waals surface area contributed by atoms with Gasteiger partial charge in [-0.05, 0) is 55.4 Å². The minimum Gasteiger partial charge on any atom is -0.497 e. The molecule has 8 heteroatoms. The molecule has 0 amide bonds. The summed E-state index contributed by atoms with van der Waals surface area (Å²) >= 11 is 0. The van der Waals surface area contributed by atoms with Crippen LogP contribution in [0.1, 0.15) is 35.3 Å². The lowest BCUT2D eigenvalue weighted by Gasteiger charge is -2.16. The summed E-state index contributed by atoms with van der Waals surface area (Å²) in [6.07, 6.45) is 0.242. The van der Waals surface area contributed by atoms with Crippen molar-refractivity contribution in [3.05, 3.63) is 53.1 Å². The van der Waals surface area contributed by atoms with Crippen LogP contribution in [-0.2, 0) is 21.2 Å². The number of anilines is 1. The zero-order valence-corrected chi connectivity index (χ0v) is 20.0. The molecular formula is C24H30N2O5S. The number of rotatable bonds is 9. The maximum Gasteiger partial charge on any atom is 0.340 e. The van der Waals surface area contributed by atoms with E-state index >= 15 is 0 Å². The third kappa shape index (κ3) is 6.25. The summed E-state index contributed by atoms with van der Waals surface area (Å²) < 4.78 is 39.3. The molecule has 0 unspecified atom stereocenters. The van der Waals surface area contributed by atoms with Crippen molar-refractivity contribution >= 4 is 21.7 Å². The highest BCUT2D eigenvalue weighted by Crippen LogP contribution is 2.28. The van der Waals surface area contributed by atoms with E-state index in [2.05, 4.69) is 35.3 Å². The van der Waals surface area contributed by atoms with Crippen LogP contribution in [0.2, 0.25) is 0 Å². The standard InChI is InChI=1S/C24H30N2O5S/c1-6-26(7-2)16-9-8-12-19-17-20(30-4)14-15-22(19)32(28,29)25-23-18(3)11-10-13-21(23)24(27)31-5/h10-11,13-15,17,25H,6-7,12,16H2,1-5H3. The van der Waals surface area contributed by atoms with E-state index in [1.54, 1.807) is 31.2 Å². The van der Waals surface area contributed by atoms with Crippen LogP contribution in [0, 0.1) is 18.8 Å². The van der Waals surface area contributed by atoms with Crippen LogP contribution in [0.3, 0.4) is 0 Å². The van der Waals surface area contributed by atoms with Crippen molar-refractivity contribution < 1.29 is 22.7 Å². The molecule has 1 N–H and O–H groups in total. The van der Waals surface area contributed by atoms with Crippen molar-refractivity contribution in [2.45, 2.75) is 32.1 Å². The molecule has 0 radical (unpaired) electrons. The molecule has 0 aliphatic heterocycles. The summed E-state index contributed by atoms with van der Waals surface area (Å²) in [4.78, 5) is 14.4. The summed E-state index contributed by atoms with van der Waals surface area (Å²) in [5.41, 5.74) is 1.45. The van der Waals surface area contributed by atoms with Gasteiger partial charge in [-0.25, -0.2) is 13.2 Å². The molecule has 0 heterocycles. The summed E-state index contributed by atoms with van der Waals surface area (Å²) in [6, 6.07) is 9.64. The van der Waals surface area contributed by atoms with Crippen molar-refractivity contribution in [1.29, 1.82) is 0 Å². The average molecular weight is 459 g/mol. The Morgan fingerprint density at radius 2 is 1.81 bits per heavy atom. The number of nitrogens with one attached hydrogen (secondary N) is 1. The molecule has 0 atom stereocenters. The lowest BCUT2D eigenvalue weighted by molar-refractivity contribution is 0.0602. The fourth-order valence-corrected chi connectivity index (χ4v) is 4.50. The fraction of sp³-hybridized carbons (Fsp3) is 0.375. The van der Waals surface area contributed by atoms with Gasteiger partial charge in [0.2, 0.25) is 0 Å². The Morgan fingerprint density at radius 3 is 2.44 bits per heavy atom. The van der Waals surface area contributed by atoms with Gasteiger partial charge >= 0.3 is 5.97 Å². The number of carbonyl (C=O) groups is 1. The predicted octanol–water partition coefficient (Wildman–Crippen LogP) is 3.48. The number of benzene rings is 2. The van der Waals surface area contributed by atoms with Gasteiger partial charge in [0.05, 0.1) is 36.9 Å². The first kappa shape index (κ1) is 25.2. The zero-order chi connectivity index (χ0) is 23.7. The van der Waals surface area contributed by atoms with Gasteiger partial charge < -0.3 is 9.47 Å². The Balaban J connectivity index is 2.42. The van der Waals surface area contributed by atoms with Crippen LogP contribution in [-0.4, -0.2) is 53.1 Å². The topological polar surface area (TPSA) is 84.9 Å². The second kappa shape index (κ2) is 11.6. The van der Waals surface area contributed by atoms with Crippen LogP contribution in [0.15, 0.2) is 41.3 Å². The molecular weight excluding hydrogens is 428 g/mol. The molecule has 0 spiro atoms. The molecule has 172 valence electrons. The second-order valence-electron chi connectivity index (χ2n) is 7.06. The van der Waals surface area contributed by atoms with Gasteiger partial charge in [0.1, 0.15) is 5.75 Å². The minimum atomic E-state index is -4.01. The lowest BCUT2D eigenvalue weighted by atomic mass is 10.1. The maximum absolute atomic E-state index is 13.3.